The molecule has 4 nitrogen and oxygen atoms in total. The van der Waals surface area contributed by atoms with Gasteiger partial charge in [0.15, 0.2) is 0 Å². The summed E-state index contributed by atoms with van der Waals surface area (Å²) < 4.78 is 19.8. The van der Waals surface area contributed by atoms with E-state index < -0.39 is 0 Å². The van der Waals surface area contributed by atoms with Gasteiger partial charge in [-0.15, -0.1) is 0 Å². The van der Waals surface area contributed by atoms with E-state index in [-0.39, 0.29) is 0 Å². The Labute approximate surface area is 228 Å². The zero-order valence-electron chi connectivity index (χ0n) is 22.0. The van der Waals surface area contributed by atoms with Crippen molar-refractivity contribution in [2.75, 3.05) is 14.2 Å². The number of methoxy groups -OCH3 is 2. The van der Waals surface area contributed by atoms with Gasteiger partial charge in [0, 0.05) is 44.5 Å². The summed E-state index contributed by atoms with van der Waals surface area (Å²) in [6.07, 6.45) is 0. The van der Waals surface area contributed by atoms with Crippen molar-refractivity contribution in [1.82, 2.24) is 4.40 Å². The summed E-state index contributed by atoms with van der Waals surface area (Å²) in [4.78, 5) is 0. The average Bonchev–Trinajstić information content (AvgIpc) is 3.64. The lowest BCUT2D eigenvalue weighted by Crippen LogP contribution is -1.85. The topological polar surface area (TPSA) is 36.0 Å². The first kappa shape index (κ1) is 21.7. The minimum absolute atomic E-state index is 0.792. The van der Waals surface area contributed by atoms with Gasteiger partial charge in [0.25, 0.3) is 0 Å². The second-order valence-electron chi connectivity index (χ2n) is 10.5. The summed E-state index contributed by atoms with van der Waals surface area (Å²) in [5.74, 6) is 1.65. The molecular formula is C36H23NO3. The molecule has 0 bridgehead atoms. The molecule has 0 spiro atoms. The van der Waals surface area contributed by atoms with E-state index in [4.69, 9.17) is 13.9 Å². The first-order valence-electron chi connectivity index (χ1n) is 13.4. The molecule has 0 saturated carbocycles. The van der Waals surface area contributed by atoms with Crippen molar-refractivity contribution in [3.63, 3.8) is 0 Å². The van der Waals surface area contributed by atoms with Gasteiger partial charge in [0.2, 0.25) is 0 Å². The van der Waals surface area contributed by atoms with Gasteiger partial charge in [-0.2, -0.15) is 0 Å². The number of fused-ring (bicyclic) bond motifs is 10. The maximum Gasteiger partial charge on any atom is 0.139 e. The fourth-order valence-corrected chi connectivity index (χ4v) is 6.57. The van der Waals surface area contributed by atoms with E-state index in [1.807, 2.05) is 12.1 Å². The van der Waals surface area contributed by atoms with E-state index in [0.717, 1.165) is 44.3 Å². The van der Waals surface area contributed by atoms with Gasteiger partial charge in [-0.05, 0) is 82.6 Å². The van der Waals surface area contributed by atoms with Crippen LogP contribution in [-0.2, 0) is 0 Å². The molecule has 0 saturated heterocycles. The molecule has 0 amide bonds. The van der Waals surface area contributed by atoms with Crippen LogP contribution in [0.15, 0.2) is 108 Å². The van der Waals surface area contributed by atoms with Crippen LogP contribution in [0.3, 0.4) is 0 Å². The lowest BCUT2D eigenvalue weighted by Gasteiger charge is -2.05. The molecule has 3 heterocycles. The summed E-state index contributed by atoms with van der Waals surface area (Å²) in [6, 6.07) is 36.8. The Kier molecular flexibility index (Phi) is 4.16. The van der Waals surface area contributed by atoms with Gasteiger partial charge in [0.05, 0.1) is 30.8 Å². The van der Waals surface area contributed by atoms with Crippen LogP contribution in [-0.4, -0.2) is 18.6 Å². The van der Waals surface area contributed by atoms with E-state index in [1.165, 1.54) is 49.1 Å². The van der Waals surface area contributed by atoms with E-state index in [0.29, 0.717) is 0 Å². The first-order valence-corrected chi connectivity index (χ1v) is 13.4. The van der Waals surface area contributed by atoms with Crippen molar-refractivity contribution < 1.29 is 13.9 Å². The van der Waals surface area contributed by atoms with E-state index in [9.17, 15) is 0 Å². The maximum absolute atomic E-state index is 6.29. The van der Waals surface area contributed by atoms with Crippen LogP contribution < -0.4 is 9.47 Å². The number of nitrogens with zero attached hydrogens (tertiary/aromatic N) is 1. The lowest BCUT2D eigenvalue weighted by molar-refractivity contribution is 0.414. The highest BCUT2D eigenvalue weighted by Gasteiger charge is 2.20. The lowest BCUT2D eigenvalue weighted by atomic mass is 9.98. The quantitative estimate of drug-likeness (QED) is 0.234. The molecular weight excluding hydrogens is 494 g/mol. The summed E-state index contributed by atoms with van der Waals surface area (Å²) >= 11 is 0. The van der Waals surface area contributed by atoms with E-state index >= 15 is 0 Å². The highest BCUT2D eigenvalue weighted by Crippen LogP contribution is 2.44. The second kappa shape index (κ2) is 7.67. The third-order valence-electron chi connectivity index (χ3n) is 8.46. The van der Waals surface area contributed by atoms with Gasteiger partial charge in [-0.1, -0.05) is 30.3 Å². The number of benzene rings is 6. The van der Waals surface area contributed by atoms with Crippen LogP contribution in [0, 0.1) is 0 Å². The molecule has 40 heavy (non-hydrogen) atoms. The normalized spacial score (nSPS) is 12.2. The van der Waals surface area contributed by atoms with Crippen molar-refractivity contribution in [1.29, 1.82) is 0 Å². The Morgan fingerprint density at radius 3 is 1.95 bits per heavy atom. The molecule has 0 aliphatic heterocycles. The predicted molar refractivity (Wildman–Crippen MR) is 164 cm³/mol. The SMILES string of the molecule is COc1ccc2c(c1)oc1cc3cc4c5cc(-c6ccccc6)cc6c7ccc(OC)cc7n(c4cc3cc12)c65. The van der Waals surface area contributed by atoms with Gasteiger partial charge >= 0.3 is 0 Å². The van der Waals surface area contributed by atoms with Crippen LogP contribution >= 0.6 is 0 Å². The smallest absolute Gasteiger partial charge is 0.139 e. The first-order chi connectivity index (χ1) is 19.7. The van der Waals surface area contributed by atoms with E-state index in [1.54, 1.807) is 14.2 Å². The Hall–Kier alpha value is -5.22. The zero-order chi connectivity index (χ0) is 26.5. The minimum atomic E-state index is 0.792. The minimum Gasteiger partial charge on any atom is -0.497 e. The number of rotatable bonds is 3. The number of hydrogen-bond donors (Lipinski definition) is 0. The summed E-state index contributed by atoms with van der Waals surface area (Å²) in [5.41, 5.74) is 7.73. The molecule has 0 unspecified atom stereocenters. The fourth-order valence-electron chi connectivity index (χ4n) is 6.57. The fraction of sp³-hybridized carbons (Fsp3) is 0.0556. The van der Waals surface area contributed by atoms with Crippen LogP contribution in [0.4, 0.5) is 0 Å². The third kappa shape index (κ3) is 2.80. The van der Waals surface area contributed by atoms with Crippen LogP contribution in [0.5, 0.6) is 11.5 Å². The molecule has 0 radical (unpaired) electrons. The third-order valence-corrected chi connectivity index (χ3v) is 8.46. The molecule has 0 aliphatic rings. The van der Waals surface area contributed by atoms with Crippen molar-refractivity contribution in [3.8, 4) is 22.6 Å². The highest BCUT2D eigenvalue weighted by molar-refractivity contribution is 6.26. The molecule has 3 aromatic heterocycles. The molecule has 4 heteroatoms. The van der Waals surface area contributed by atoms with Gasteiger partial charge < -0.3 is 18.3 Å². The molecule has 0 fully saturated rings. The summed E-state index contributed by atoms with van der Waals surface area (Å²) in [6.45, 7) is 0. The van der Waals surface area contributed by atoms with Crippen molar-refractivity contribution in [3.05, 3.63) is 103 Å². The Balaban J connectivity index is 1.44. The van der Waals surface area contributed by atoms with Gasteiger partial charge in [-0.25, -0.2) is 0 Å². The van der Waals surface area contributed by atoms with Crippen molar-refractivity contribution in [2.45, 2.75) is 0 Å². The number of aromatic nitrogens is 1. The average molecular weight is 518 g/mol. The summed E-state index contributed by atoms with van der Waals surface area (Å²) in [5, 5.41) is 9.49. The monoisotopic (exact) mass is 517 g/mol. The number of hydrogen-bond acceptors (Lipinski definition) is 3. The van der Waals surface area contributed by atoms with E-state index in [2.05, 4.69) is 95.4 Å². The zero-order valence-corrected chi connectivity index (χ0v) is 22.0. The molecule has 0 aliphatic carbocycles. The van der Waals surface area contributed by atoms with Crippen LogP contribution in [0.2, 0.25) is 0 Å². The standard InChI is InChI=1S/C36H23NO3/c1-38-24-8-10-26-30-14-21(20-6-4-3-5-7-20)15-31-28-12-23-17-34-29(27-11-9-25(39-2)19-35(27)40-34)13-22(23)16-32(28)37(36(30)31)33(26)18-24/h3-19H,1-2H3. The molecule has 190 valence electrons. The largest absolute Gasteiger partial charge is 0.497 e. The van der Waals surface area contributed by atoms with Crippen LogP contribution in [0.25, 0.3) is 81.9 Å². The van der Waals surface area contributed by atoms with Gasteiger partial charge in [0.1, 0.15) is 22.7 Å². The van der Waals surface area contributed by atoms with Crippen LogP contribution in [0.1, 0.15) is 0 Å². The molecule has 9 aromatic rings. The Morgan fingerprint density at radius 2 is 1.15 bits per heavy atom. The second-order valence-corrected chi connectivity index (χ2v) is 10.5. The number of ether oxygens (including phenoxy) is 2. The predicted octanol–water partition coefficient (Wildman–Crippen LogP) is 9.57. The van der Waals surface area contributed by atoms with Gasteiger partial charge in [-0.3, -0.25) is 0 Å². The summed E-state index contributed by atoms with van der Waals surface area (Å²) in [7, 11) is 3.41. The van der Waals surface area contributed by atoms with Crippen molar-refractivity contribution >= 4 is 70.8 Å². The molecule has 6 aromatic carbocycles. The highest BCUT2D eigenvalue weighted by atomic mass is 16.5. The van der Waals surface area contributed by atoms with Crippen molar-refractivity contribution in [2.24, 2.45) is 0 Å². The Morgan fingerprint density at radius 1 is 0.500 bits per heavy atom. The molecule has 0 N–H and O–H groups in total. The molecule has 9 rings (SSSR count). The number of furan rings is 1. The maximum atomic E-state index is 6.29. The Bertz CT molecular complexity index is 2450. The molecule has 0 atom stereocenters.